The van der Waals surface area contributed by atoms with Gasteiger partial charge in [0.25, 0.3) is 0 Å². The summed E-state index contributed by atoms with van der Waals surface area (Å²) in [5.41, 5.74) is 16.9. The molecule has 2 aliphatic rings. The summed E-state index contributed by atoms with van der Waals surface area (Å²) in [5.74, 6) is 1.88. The van der Waals surface area contributed by atoms with Gasteiger partial charge in [-0.2, -0.15) is 0 Å². The molecule has 0 amide bonds. The molecule has 0 bridgehead atoms. The monoisotopic (exact) mass is 925 g/mol. The van der Waals surface area contributed by atoms with E-state index in [4.69, 9.17) is 19.4 Å². The van der Waals surface area contributed by atoms with Gasteiger partial charge in [0.15, 0.2) is 17.5 Å². The van der Waals surface area contributed by atoms with Crippen molar-refractivity contribution in [2.45, 2.75) is 5.41 Å². The van der Waals surface area contributed by atoms with Crippen molar-refractivity contribution < 1.29 is 4.42 Å². The average molecular weight is 926 g/mol. The lowest BCUT2D eigenvalue weighted by Gasteiger charge is -2.30. The Kier molecular flexibility index (Phi) is 7.82. The van der Waals surface area contributed by atoms with Crippen LogP contribution in [-0.2, 0) is 5.41 Å². The number of aromatic nitrogens is 3. The van der Waals surface area contributed by atoms with Gasteiger partial charge in [-0.1, -0.05) is 164 Å². The Balaban J connectivity index is 0.909. The van der Waals surface area contributed by atoms with E-state index in [9.17, 15) is 0 Å². The zero-order valence-corrected chi connectivity index (χ0v) is 38.9. The number of thiophene rings is 2. The Hall–Kier alpha value is -8.55. The van der Waals surface area contributed by atoms with Crippen LogP contribution in [0.2, 0.25) is 0 Å². The minimum absolute atomic E-state index is 0.385. The smallest absolute Gasteiger partial charge is 0.164 e. The molecule has 0 fully saturated rings. The highest BCUT2D eigenvalue weighted by Crippen LogP contribution is 2.63. The van der Waals surface area contributed by atoms with Crippen LogP contribution in [0.5, 0.6) is 0 Å². The van der Waals surface area contributed by atoms with E-state index in [1.54, 1.807) is 22.7 Å². The minimum Gasteiger partial charge on any atom is -0.456 e. The normalized spacial score (nSPS) is 13.3. The van der Waals surface area contributed by atoms with Crippen LogP contribution in [0, 0.1) is 0 Å². The number of rotatable bonds is 4. The van der Waals surface area contributed by atoms with Crippen LogP contribution in [-0.4, -0.2) is 15.0 Å². The van der Waals surface area contributed by atoms with Gasteiger partial charge in [0, 0.05) is 67.8 Å². The zero-order valence-electron chi connectivity index (χ0n) is 37.3. The van der Waals surface area contributed by atoms with Crippen molar-refractivity contribution >= 4 is 85.0 Å². The van der Waals surface area contributed by atoms with Gasteiger partial charge in [-0.25, -0.2) is 15.0 Å². The molecule has 0 radical (unpaired) electrons. The van der Waals surface area contributed by atoms with Crippen molar-refractivity contribution in [3.8, 4) is 67.5 Å². The van der Waals surface area contributed by atoms with E-state index in [0.29, 0.717) is 17.5 Å². The first-order valence-electron chi connectivity index (χ1n) is 23.7. The summed E-state index contributed by atoms with van der Waals surface area (Å²) in [5, 5.41) is 6.71. The fourth-order valence-electron chi connectivity index (χ4n) is 12.1. The lowest BCUT2D eigenvalue weighted by atomic mass is 9.70. The summed E-state index contributed by atoms with van der Waals surface area (Å²) in [4.78, 5) is 16.3. The Morgan fingerprint density at radius 2 is 0.729 bits per heavy atom. The quantitative estimate of drug-likeness (QED) is 0.176. The topological polar surface area (TPSA) is 51.8 Å². The second kappa shape index (κ2) is 14.2. The van der Waals surface area contributed by atoms with Crippen LogP contribution in [0.4, 0.5) is 0 Å². The maximum Gasteiger partial charge on any atom is 0.164 e. The molecule has 16 rings (SSSR count). The van der Waals surface area contributed by atoms with E-state index in [0.717, 1.165) is 60.5 Å². The summed E-state index contributed by atoms with van der Waals surface area (Å²) in [6, 6.07) is 77.1. The van der Waals surface area contributed by atoms with Crippen LogP contribution in [0.15, 0.2) is 217 Å². The molecule has 1 spiro atoms. The molecule has 0 atom stereocenters. The van der Waals surface area contributed by atoms with Crippen molar-refractivity contribution in [1.82, 2.24) is 15.0 Å². The number of hydrogen-bond acceptors (Lipinski definition) is 6. The highest BCUT2D eigenvalue weighted by Gasteiger charge is 2.51. The van der Waals surface area contributed by atoms with Crippen molar-refractivity contribution in [1.29, 1.82) is 0 Å². The van der Waals surface area contributed by atoms with Gasteiger partial charge >= 0.3 is 0 Å². The first-order chi connectivity index (χ1) is 34.7. The van der Waals surface area contributed by atoms with E-state index in [1.165, 1.54) is 74.1 Å². The molecule has 14 aromatic rings. The highest BCUT2D eigenvalue weighted by atomic mass is 32.1. The standard InChI is InChI=1S/C64H35N3OS2/c1-6-22-48-38(14-1)39-15-2-7-23-49(39)64(48)50-24-8-3-16-40(50)46-34-36(30-32-51(46)64)37-31-33-52-47(35-37)58-43(19-11-25-53(58)68-52)61-65-62(44-20-12-28-56-59(44)41-17-4-9-26-54(41)69-56)67-63(66-61)45-21-13-29-57-60(45)42-18-5-10-27-55(42)70-57/h1-35H. The second-order valence-corrected chi connectivity index (χ2v) is 20.7. The van der Waals surface area contributed by atoms with Gasteiger partial charge < -0.3 is 4.42 Å². The van der Waals surface area contributed by atoms with E-state index >= 15 is 0 Å². The third-order valence-electron chi connectivity index (χ3n) is 15.0. The SMILES string of the molecule is c1ccc2c(c1)-c1ccccc1C21c2ccccc2-c2cc(-c3ccc4oc5cccc(-c6nc(-c7cccc8sc9ccccc9c78)nc(-c7cccc8sc9ccccc9c78)n6)c5c4c3)ccc21. The van der Waals surface area contributed by atoms with Gasteiger partial charge in [-0.05, 0) is 104 Å². The van der Waals surface area contributed by atoms with E-state index in [1.807, 2.05) is 0 Å². The molecular weight excluding hydrogens is 891 g/mol. The lowest BCUT2D eigenvalue weighted by Crippen LogP contribution is -2.25. The maximum absolute atomic E-state index is 6.71. The predicted molar refractivity (Wildman–Crippen MR) is 291 cm³/mol. The number of benzene rings is 10. The van der Waals surface area contributed by atoms with Crippen LogP contribution in [0.3, 0.4) is 0 Å². The van der Waals surface area contributed by atoms with Crippen LogP contribution >= 0.6 is 22.7 Å². The fraction of sp³-hybridized carbons (Fsp3) is 0.0156. The zero-order chi connectivity index (χ0) is 45.7. The summed E-state index contributed by atoms with van der Waals surface area (Å²) < 4.78 is 11.6. The lowest BCUT2D eigenvalue weighted by molar-refractivity contribution is 0.669. The Bertz CT molecular complexity index is 4400. The average Bonchev–Trinajstić information content (AvgIpc) is 4.24. The van der Waals surface area contributed by atoms with Gasteiger partial charge in [0.05, 0.1) is 5.41 Å². The summed E-state index contributed by atoms with van der Waals surface area (Å²) in [6.45, 7) is 0. The van der Waals surface area contributed by atoms with Crippen molar-refractivity contribution in [2.24, 2.45) is 0 Å². The highest BCUT2D eigenvalue weighted by molar-refractivity contribution is 7.26. The molecule has 70 heavy (non-hydrogen) atoms. The molecule has 0 unspecified atom stereocenters. The van der Waals surface area contributed by atoms with Crippen molar-refractivity contribution in [3.05, 3.63) is 235 Å². The fourth-order valence-corrected chi connectivity index (χ4v) is 14.4. The predicted octanol–water partition coefficient (Wildman–Crippen LogP) is 17.5. The van der Waals surface area contributed by atoms with Crippen molar-refractivity contribution in [3.63, 3.8) is 0 Å². The van der Waals surface area contributed by atoms with Gasteiger partial charge in [0.2, 0.25) is 0 Å². The summed E-state index contributed by atoms with van der Waals surface area (Å²) in [6.07, 6.45) is 0. The number of hydrogen-bond donors (Lipinski definition) is 0. The molecule has 10 aromatic carbocycles. The third-order valence-corrected chi connectivity index (χ3v) is 17.3. The van der Waals surface area contributed by atoms with Crippen LogP contribution < -0.4 is 0 Å². The molecule has 0 saturated heterocycles. The van der Waals surface area contributed by atoms with E-state index in [2.05, 4.69) is 212 Å². The first-order valence-corrected chi connectivity index (χ1v) is 25.3. The van der Waals surface area contributed by atoms with Crippen molar-refractivity contribution in [2.75, 3.05) is 0 Å². The number of nitrogens with zero attached hydrogens (tertiary/aromatic N) is 3. The summed E-state index contributed by atoms with van der Waals surface area (Å²) >= 11 is 3.60. The van der Waals surface area contributed by atoms with Gasteiger partial charge in [-0.15, -0.1) is 22.7 Å². The Morgan fingerprint density at radius 1 is 0.300 bits per heavy atom. The largest absolute Gasteiger partial charge is 0.456 e. The number of fused-ring (bicyclic) bond motifs is 19. The van der Waals surface area contributed by atoms with E-state index in [-0.39, 0.29) is 5.41 Å². The minimum atomic E-state index is -0.385. The van der Waals surface area contributed by atoms with Gasteiger partial charge in [0.1, 0.15) is 11.2 Å². The number of furan rings is 1. The first kappa shape index (κ1) is 38.4. The molecule has 2 aliphatic carbocycles. The molecular formula is C64H35N3OS2. The Labute approximate surface area is 409 Å². The molecule has 4 nitrogen and oxygen atoms in total. The molecule has 0 N–H and O–H groups in total. The summed E-state index contributed by atoms with van der Waals surface area (Å²) in [7, 11) is 0. The molecule has 4 aromatic heterocycles. The molecule has 6 heteroatoms. The maximum atomic E-state index is 6.71. The third kappa shape index (κ3) is 5.16. The van der Waals surface area contributed by atoms with Crippen LogP contribution in [0.1, 0.15) is 22.3 Å². The van der Waals surface area contributed by atoms with Gasteiger partial charge in [-0.3, -0.25) is 0 Å². The molecule has 324 valence electrons. The molecule has 4 heterocycles. The molecule has 0 aliphatic heterocycles. The second-order valence-electron chi connectivity index (χ2n) is 18.5. The van der Waals surface area contributed by atoms with Crippen LogP contribution in [0.25, 0.3) is 130 Å². The molecule has 0 saturated carbocycles. The van der Waals surface area contributed by atoms with E-state index < -0.39 is 0 Å². The Morgan fingerprint density at radius 3 is 1.31 bits per heavy atom.